The number of carbonyl (C=O) groups excluding carboxylic acids is 2. The summed E-state index contributed by atoms with van der Waals surface area (Å²) in [5.41, 5.74) is 2.83. The molecule has 7 heteroatoms. The number of hydrogen-bond acceptors (Lipinski definition) is 5. The Morgan fingerprint density at radius 1 is 1.07 bits per heavy atom. The molecule has 0 N–H and O–H groups in total. The van der Waals surface area contributed by atoms with Gasteiger partial charge in [-0.2, -0.15) is 0 Å². The molecule has 0 saturated carbocycles. The normalized spacial score (nSPS) is 15.3. The summed E-state index contributed by atoms with van der Waals surface area (Å²) in [5, 5.41) is 0.157. The van der Waals surface area contributed by atoms with E-state index in [1.165, 1.54) is 4.90 Å². The summed E-state index contributed by atoms with van der Waals surface area (Å²) in [5.74, 6) is 1.02. The van der Waals surface area contributed by atoms with Crippen molar-refractivity contribution in [3.63, 3.8) is 0 Å². The van der Waals surface area contributed by atoms with Gasteiger partial charge >= 0.3 is 0 Å². The second-order valence-electron chi connectivity index (χ2n) is 6.57. The Bertz CT molecular complexity index is 973. The van der Waals surface area contributed by atoms with Gasteiger partial charge in [0.05, 0.1) is 23.1 Å². The van der Waals surface area contributed by atoms with Gasteiger partial charge in [-0.25, -0.2) is 0 Å². The third kappa shape index (κ3) is 5.14. The summed E-state index contributed by atoms with van der Waals surface area (Å²) < 4.78 is 11.2. The maximum Gasteiger partial charge on any atom is 0.293 e. The summed E-state index contributed by atoms with van der Waals surface area (Å²) in [6.07, 6.45) is 1.66. The van der Waals surface area contributed by atoms with E-state index in [0.717, 1.165) is 34.2 Å². The summed E-state index contributed by atoms with van der Waals surface area (Å²) >= 11 is 7.12. The molecule has 0 unspecified atom stereocenters. The van der Waals surface area contributed by atoms with E-state index in [1.807, 2.05) is 39.0 Å². The number of nitrogens with zero attached hydrogens (tertiary/aromatic N) is 1. The monoisotopic (exact) mass is 431 g/mol. The summed E-state index contributed by atoms with van der Waals surface area (Å²) in [6, 6.07) is 11.2. The number of amides is 2. The fourth-order valence-electron chi connectivity index (χ4n) is 2.83. The maximum absolute atomic E-state index is 12.6. The molecular weight excluding hydrogens is 410 g/mol. The topological polar surface area (TPSA) is 55.8 Å². The Morgan fingerprint density at radius 2 is 1.86 bits per heavy atom. The molecule has 5 nitrogen and oxygen atoms in total. The average molecular weight is 432 g/mol. The summed E-state index contributed by atoms with van der Waals surface area (Å²) in [6.45, 7) is 6.77. The van der Waals surface area contributed by atoms with Gasteiger partial charge in [0.1, 0.15) is 18.1 Å². The van der Waals surface area contributed by atoms with Gasteiger partial charge in [0.2, 0.25) is 0 Å². The van der Waals surface area contributed by atoms with E-state index in [-0.39, 0.29) is 24.3 Å². The number of halogens is 1. The van der Waals surface area contributed by atoms with Crippen LogP contribution in [0.15, 0.2) is 41.3 Å². The number of ether oxygens (including phenoxy) is 2. The van der Waals surface area contributed by atoms with Gasteiger partial charge in [0, 0.05) is 0 Å². The summed E-state index contributed by atoms with van der Waals surface area (Å²) in [7, 11) is 0. The lowest BCUT2D eigenvalue weighted by Crippen LogP contribution is -2.32. The van der Waals surface area contributed by atoms with Crippen molar-refractivity contribution in [1.29, 1.82) is 0 Å². The second kappa shape index (κ2) is 9.37. The van der Waals surface area contributed by atoms with Crippen LogP contribution in [0.1, 0.15) is 23.6 Å². The number of carbonyl (C=O) groups is 2. The van der Waals surface area contributed by atoms with E-state index < -0.39 is 0 Å². The molecule has 1 saturated heterocycles. The first kappa shape index (κ1) is 21.3. The molecule has 2 aromatic rings. The molecule has 152 valence electrons. The molecule has 1 aliphatic heterocycles. The molecule has 0 radical (unpaired) electrons. The summed E-state index contributed by atoms with van der Waals surface area (Å²) in [4.78, 5) is 26.5. The van der Waals surface area contributed by atoms with Gasteiger partial charge in [-0.3, -0.25) is 14.5 Å². The van der Waals surface area contributed by atoms with Gasteiger partial charge in [0.25, 0.3) is 11.1 Å². The van der Waals surface area contributed by atoms with E-state index >= 15 is 0 Å². The fourth-order valence-corrected chi connectivity index (χ4v) is 3.94. The average Bonchev–Trinajstić information content (AvgIpc) is 2.94. The Hall–Kier alpha value is -2.44. The van der Waals surface area contributed by atoms with Crippen molar-refractivity contribution < 1.29 is 19.1 Å². The Morgan fingerprint density at radius 3 is 2.59 bits per heavy atom. The van der Waals surface area contributed by atoms with Crippen LogP contribution in [0, 0.1) is 13.8 Å². The lowest BCUT2D eigenvalue weighted by atomic mass is 10.1. The van der Waals surface area contributed by atoms with E-state index in [2.05, 4.69) is 0 Å². The standard InChI is InChI=1S/C22H22ClNO4S/c1-4-27-18-8-7-16(12-17(18)23)13-20-21(25)24(22(26)29-20)9-10-28-19-11-14(2)5-6-15(19)3/h5-8,11-13H,4,9-10H2,1-3H3/b20-13-. The number of rotatable bonds is 7. The first-order valence-electron chi connectivity index (χ1n) is 9.27. The van der Waals surface area contributed by atoms with Crippen LogP contribution in [0.3, 0.4) is 0 Å². The molecule has 1 aliphatic rings. The first-order valence-corrected chi connectivity index (χ1v) is 10.5. The molecular formula is C22H22ClNO4S. The Balaban J connectivity index is 1.65. The van der Waals surface area contributed by atoms with E-state index in [1.54, 1.807) is 24.3 Å². The zero-order chi connectivity index (χ0) is 21.0. The third-order valence-electron chi connectivity index (χ3n) is 4.34. The molecule has 2 aromatic carbocycles. The van der Waals surface area contributed by atoms with Gasteiger partial charge in [-0.1, -0.05) is 29.8 Å². The number of aryl methyl sites for hydroxylation is 2. The Labute approximate surface area is 179 Å². The van der Waals surface area contributed by atoms with Crippen LogP contribution in [0.4, 0.5) is 4.79 Å². The van der Waals surface area contributed by atoms with Crippen molar-refractivity contribution in [1.82, 2.24) is 4.90 Å². The van der Waals surface area contributed by atoms with Gasteiger partial charge < -0.3 is 9.47 Å². The highest BCUT2D eigenvalue weighted by atomic mass is 35.5. The van der Waals surface area contributed by atoms with Gasteiger partial charge in [-0.05, 0) is 73.5 Å². The van der Waals surface area contributed by atoms with Crippen LogP contribution >= 0.6 is 23.4 Å². The predicted molar refractivity (Wildman–Crippen MR) is 117 cm³/mol. The van der Waals surface area contributed by atoms with E-state index in [9.17, 15) is 9.59 Å². The number of imide groups is 1. The maximum atomic E-state index is 12.6. The lowest BCUT2D eigenvalue weighted by molar-refractivity contribution is -0.123. The highest BCUT2D eigenvalue weighted by molar-refractivity contribution is 8.18. The van der Waals surface area contributed by atoms with Crippen molar-refractivity contribution >= 4 is 40.6 Å². The molecule has 0 bridgehead atoms. The van der Waals surface area contributed by atoms with Gasteiger partial charge in [0.15, 0.2) is 0 Å². The molecule has 0 spiro atoms. The van der Waals surface area contributed by atoms with Crippen molar-refractivity contribution in [2.24, 2.45) is 0 Å². The quantitative estimate of drug-likeness (QED) is 0.544. The zero-order valence-corrected chi connectivity index (χ0v) is 18.1. The fraction of sp³-hybridized carbons (Fsp3) is 0.273. The number of benzene rings is 2. The van der Waals surface area contributed by atoms with Crippen LogP contribution in [-0.2, 0) is 4.79 Å². The van der Waals surface area contributed by atoms with Crippen molar-refractivity contribution in [2.75, 3.05) is 19.8 Å². The van der Waals surface area contributed by atoms with Crippen molar-refractivity contribution in [3.05, 3.63) is 63.0 Å². The molecule has 1 heterocycles. The molecule has 0 atom stereocenters. The van der Waals surface area contributed by atoms with Crippen LogP contribution in [-0.4, -0.2) is 35.8 Å². The minimum atomic E-state index is -0.324. The van der Waals surface area contributed by atoms with Crippen LogP contribution < -0.4 is 9.47 Å². The van der Waals surface area contributed by atoms with Gasteiger partial charge in [-0.15, -0.1) is 0 Å². The molecule has 2 amide bonds. The number of thioether (sulfide) groups is 1. The smallest absolute Gasteiger partial charge is 0.293 e. The molecule has 1 fully saturated rings. The largest absolute Gasteiger partial charge is 0.492 e. The Kier molecular flexibility index (Phi) is 6.87. The predicted octanol–water partition coefficient (Wildman–Crippen LogP) is 5.47. The van der Waals surface area contributed by atoms with E-state index in [0.29, 0.717) is 22.3 Å². The number of hydrogen-bond donors (Lipinski definition) is 0. The first-order chi connectivity index (χ1) is 13.9. The van der Waals surface area contributed by atoms with E-state index in [4.69, 9.17) is 21.1 Å². The van der Waals surface area contributed by atoms with Crippen molar-refractivity contribution in [3.8, 4) is 11.5 Å². The lowest BCUT2D eigenvalue weighted by Gasteiger charge is -2.14. The second-order valence-corrected chi connectivity index (χ2v) is 7.97. The minimum absolute atomic E-state index is 0.194. The highest BCUT2D eigenvalue weighted by Gasteiger charge is 2.34. The minimum Gasteiger partial charge on any atom is -0.492 e. The zero-order valence-electron chi connectivity index (χ0n) is 16.5. The van der Waals surface area contributed by atoms with Crippen LogP contribution in [0.2, 0.25) is 5.02 Å². The molecule has 29 heavy (non-hydrogen) atoms. The van der Waals surface area contributed by atoms with Crippen LogP contribution in [0.5, 0.6) is 11.5 Å². The highest BCUT2D eigenvalue weighted by Crippen LogP contribution is 2.33. The third-order valence-corrected chi connectivity index (χ3v) is 5.55. The van der Waals surface area contributed by atoms with Crippen molar-refractivity contribution in [2.45, 2.75) is 20.8 Å². The SMILES string of the molecule is CCOc1ccc(/C=C2\SC(=O)N(CCOc3cc(C)ccc3C)C2=O)cc1Cl. The van der Waals surface area contributed by atoms with Crippen LogP contribution in [0.25, 0.3) is 6.08 Å². The molecule has 0 aromatic heterocycles. The molecule has 0 aliphatic carbocycles. The molecule has 3 rings (SSSR count).